The molecule has 4 aromatic rings. The monoisotopic (exact) mass is 464 g/mol. The Morgan fingerprint density at radius 1 is 1.06 bits per heavy atom. The Morgan fingerprint density at radius 2 is 1.82 bits per heavy atom. The minimum absolute atomic E-state index is 0.200. The molecule has 11 heteroatoms. The van der Waals surface area contributed by atoms with Gasteiger partial charge in [0.15, 0.2) is 5.82 Å². The number of amides is 1. The number of benzene rings is 2. The number of fused-ring (bicyclic) bond motifs is 1. The number of hydrogen-bond acceptors (Lipinski definition) is 6. The number of nitrogens with one attached hydrogen (secondary N) is 3. The number of hydroxylamine groups is 2. The molecule has 0 aliphatic carbocycles. The van der Waals surface area contributed by atoms with Crippen LogP contribution in [0.1, 0.15) is 32.1 Å². The lowest BCUT2D eigenvalue weighted by molar-refractivity contribution is -0.120. The summed E-state index contributed by atoms with van der Waals surface area (Å²) in [6.07, 6.45) is 1.84. The van der Waals surface area contributed by atoms with E-state index in [4.69, 9.17) is 4.84 Å². The number of H-pyrrole nitrogens is 2. The van der Waals surface area contributed by atoms with Gasteiger partial charge in [-0.05, 0) is 24.3 Å². The molecule has 3 heterocycles. The zero-order chi connectivity index (χ0) is 23.7. The van der Waals surface area contributed by atoms with Gasteiger partial charge in [0.1, 0.15) is 22.9 Å². The van der Waals surface area contributed by atoms with Crippen LogP contribution in [0, 0.1) is 11.6 Å². The third kappa shape index (κ3) is 4.16. The van der Waals surface area contributed by atoms with Crippen molar-refractivity contribution in [3.63, 3.8) is 0 Å². The Bertz CT molecular complexity index is 1350. The van der Waals surface area contributed by atoms with E-state index in [2.05, 4.69) is 25.5 Å². The highest BCUT2D eigenvalue weighted by Gasteiger charge is 2.26. The largest absolute Gasteiger partial charge is 0.363 e. The van der Waals surface area contributed by atoms with Gasteiger partial charge in [0.05, 0.1) is 35.4 Å². The van der Waals surface area contributed by atoms with Crippen molar-refractivity contribution in [1.29, 1.82) is 0 Å². The highest BCUT2D eigenvalue weighted by Crippen LogP contribution is 2.27. The molecular formula is C23H18F2N6O3. The number of aromatic nitrogens is 4. The maximum Gasteiger partial charge on any atom is 0.357 e. The molecule has 0 bridgehead atoms. The fourth-order valence-electron chi connectivity index (χ4n) is 3.67. The number of imidazole rings is 1. The van der Waals surface area contributed by atoms with Crippen molar-refractivity contribution in [1.82, 2.24) is 25.2 Å². The first-order chi connectivity index (χ1) is 16.5. The molecule has 0 saturated heterocycles. The molecule has 3 N–H and O–H groups in total. The zero-order valence-corrected chi connectivity index (χ0v) is 17.6. The summed E-state index contributed by atoms with van der Waals surface area (Å²) in [6.45, 7) is 0.742. The topological polar surface area (TPSA) is 116 Å². The average Bonchev–Trinajstić information content (AvgIpc) is 3.45. The summed E-state index contributed by atoms with van der Waals surface area (Å²) in [7, 11) is 0. The van der Waals surface area contributed by atoms with Crippen LogP contribution < -0.4 is 5.32 Å². The van der Waals surface area contributed by atoms with Gasteiger partial charge in [0, 0.05) is 13.0 Å². The van der Waals surface area contributed by atoms with Gasteiger partial charge in [0.25, 0.3) is 5.91 Å². The van der Waals surface area contributed by atoms with E-state index < -0.39 is 29.1 Å². The molecular weight excluding hydrogens is 446 g/mol. The van der Waals surface area contributed by atoms with E-state index in [0.717, 1.165) is 23.5 Å². The standard InChI is InChI=1S/C23H18F2N6O3/c24-14-7-4-8-15(25)19(14)22(32)29-17-11-26-30-20(17)21-27-16-9-10-31(12-18(16)28-21)34-23(33)13-5-2-1-3-6-13/h1-8,11H,9-10,12H2,(H,26,30)(H,27,28)(H,29,32). The second-order valence-electron chi connectivity index (χ2n) is 7.58. The summed E-state index contributed by atoms with van der Waals surface area (Å²) in [5.74, 6) is -2.97. The van der Waals surface area contributed by atoms with Crippen LogP contribution in [0.5, 0.6) is 0 Å². The molecule has 0 saturated carbocycles. The minimum Gasteiger partial charge on any atom is -0.363 e. The van der Waals surface area contributed by atoms with Gasteiger partial charge in [-0.15, -0.1) is 5.06 Å². The van der Waals surface area contributed by atoms with Crippen LogP contribution in [0.2, 0.25) is 0 Å². The predicted molar refractivity (Wildman–Crippen MR) is 116 cm³/mol. The van der Waals surface area contributed by atoms with E-state index >= 15 is 0 Å². The molecule has 0 unspecified atom stereocenters. The zero-order valence-electron chi connectivity index (χ0n) is 17.6. The van der Waals surface area contributed by atoms with Crippen molar-refractivity contribution in [2.45, 2.75) is 13.0 Å². The molecule has 172 valence electrons. The fraction of sp³-hybridized carbons (Fsp3) is 0.130. The number of carbonyl (C=O) groups is 2. The first-order valence-electron chi connectivity index (χ1n) is 10.4. The number of halogens is 2. The van der Waals surface area contributed by atoms with Gasteiger partial charge in [0.2, 0.25) is 0 Å². The lowest BCUT2D eigenvalue weighted by Gasteiger charge is -2.24. The Labute approximate surface area is 191 Å². The van der Waals surface area contributed by atoms with E-state index in [1.54, 1.807) is 24.3 Å². The van der Waals surface area contributed by atoms with Crippen molar-refractivity contribution in [3.05, 3.63) is 88.9 Å². The molecule has 0 fully saturated rings. The summed E-state index contributed by atoms with van der Waals surface area (Å²) in [5.41, 5.74) is 1.80. The minimum atomic E-state index is -0.971. The Hall–Kier alpha value is -4.38. The molecule has 0 radical (unpaired) electrons. The molecule has 1 amide bonds. The number of anilines is 1. The first kappa shape index (κ1) is 21.5. The molecule has 0 spiro atoms. The number of hydrogen-bond donors (Lipinski definition) is 3. The van der Waals surface area contributed by atoms with E-state index in [0.29, 0.717) is 30.0 Å². The number of carbonyl (C=O) groups excluding carboxylic acids is 2. The third-order valence-corrected chi connectivity index (χ3v) is 5.33. The number of rotatable bonds is 5. The van der Waals surface area contributed by atoms with Crippen LogP contribution in [0.4, 0.5) is 14.5 Å². The first-order valence-corrected chi connectivity index (χ1v) is 10.4. The maximum absolute atomic E-state index is 14.0. The fourth-order valence-corrected chi connectivity index (χ4v) is 3.67. The summed E-state index contributed by atoms with van der Waals surface area (Å²) in [6, 6.07) is 11.9. The van der Waals surface area contributed by atoms with Crippen molar-refractivity contribution < 1.29 is 23.2 Å². The summed E-state index contributed by atoms with van der Waals surface area (Å²) in [4.78, 5) is 38.0. The van der Waals surface area contributed by atoms with E-state index in [1.807, 2.05) is 6.07 Å². The average molecular weight is 464 g/mol. The van der Waals surface area contributed by atoms with Gasteiger partial charge < -0.3 is 15.1 Å². The summed E-state index contributed by atoms with van der Waals surface area (Å²) >= 11 is 0. The van der Waals surface area contributed by atoms with Gasteiger partial charge in [-0.1, -0.05) is 24.3 Å². The Kier molecular flexibility index (Phi) is 5.60. The molecule has 0 atom stereocenters. The van der Waals surface area contributed by atoms with Crippen LogP contribution in [0.15, 0.2) is 54.7 Å². The summed E-state index contributed by atoms with van der Waals surface area (Å²) < 4.78 is 27.9. The van der Waals surface area contributed by atoms with Crippen molar-refractivity contribution in [2.75, 3.05) is 11.9 Å². The molecule has 1 aliphatic rings. The normalized spacial score (nSPS) is 13.4. The van der Waals surface area contributed by atoms with Crippen molar-refractivity contribution >= 4 is 17.6 Å². The molecule has 2 aromatic heterocycles. The molecule has 5 rings (SSSR count). The van der Waals surface area contributed by atoms with Crippen molar-refractivity contribution in [2.24, 2.45) is 0 Å². The van der Waals surface area contributed by atoms with Crippen LogP contribution >= 0.6 is 0 Å². The molecule has 2 aromatic carbocycles. The second-order valence-corrected chi connectivity index (χ2v) is 7.58. The van der Waals surface area contributed by atoms with Gasteiger partial charge in [-0.25, -0.2) is 18.6 Å². The van der Waals surface area contributed by atoms with E-state index in [-0.39, 0.29) is 12.2 Å². The Morgan fingerprint density at radius 3 is 2.59 bits per heavy atom. The summed E-state index contributed by atoms with van der Waals surface area (Å²) in [5, 5.41) is 10.7. The number of aromatic amines is 2. The lowest BCUT2D eigenvalue weighted by Crippen LogP contribution is -2.33. The molecule has 34 heavy (non-hydrogen) atoms. The quantitative estimate of drug-likeness (QED) is 0.417. The highest BCUT2D eigenvalue weighted by molar-refractivity contribution is 6.06. The number of nitrogens with zero attached hydrogens (tertiary/aromatic N) is 3. The van der Waals surface area contributed by atoms with Crippen LogP contribution in [-0.2, 0) is 17.8 Å². The Balaban J connectivity index is 1.32. The molecule has 1 aliphatic heterocycles. The smallest absolute Gasteiger partial charge is 0.357 e. The predicted octanol–water partition coefficient (Wildman–Crippen LogP) is 3.46. The van der Waals surface area contributed by atoms with Crippen LogP contribution in [0.25, 0.3) is 11.5 Å². The van der Waals surface area contributed by atoms with Gasteiger partial charge >= 0.3 is 5.97 Å². The highest BCUT2D eigenvalue weighted by atomic mass is 19.1. The van der Waals surface area contributed by atoms with E-state index in [9.17, 15) is 18.4 Å². The molecule has 9 nitrogen and oxygen atoms in total. The van der Waals surface area contributed by atoms with E-state index in [1.165, 1.54) is 17.3 Å². The van der Waals surface area contributed by atoms with Gasteiger partial charge in [-0.3, -0.25) is 9.89 Å². The second kappa shape index (κ2) is 8.87. The third-order valence-electron chi connectivity index (χ3n) is 5.33. The van der Waals surface area contributed by atoms with Crippen LogP contribution in [-0.4, -0.2) is 43.6 Å². The lowest BCUT2D eigenvalue weighted by atomic mass is 10.2. The van der Waals surface area contributed by atoms with Gasteiger partial charge in [-0.2, -0.15) is 5.10 Å². The van der Waals surface area contributed by atoms with Crippen LogP contribution in [0.3, 0.4) is 0 Å². The van der Waals surface area contributed by atoms with Crippen molar-refractivity contribution in [3.8, 4) is 11.5 Å². The SMILES string of the molecule is O=C(ON1CCc2nc(-c3[nH]ncc3NC(=O)c3c(F)cccc3F)[nH]c2C1)c1ccccc1. The maximum atomic E-state index is 14.0.